The maximum Gasteiger partial charge on any atom is 0.226 e. The lowest BCUT2D eigenvalue weighted by Crippen LogP contribution is -2.70. The summed E-state index contributed by atoms with van der Waals surface area (Å²) in [4.78, 5) is 12.6. The van der Waals surface area contributed by atoms with Crippen LogP contribution in [0, 0.1) is 10.8 Å². The summed E-state index contributed by atoms with van der Waals surface area (Å²) in [6.45, 7) is 14.9. The summed E-state index contributed by atoms with van der Waals surface area (Å²) in [5.41, 5.74) is 0.0533. The van der Waals surface area contributed by atoms with Gasteiger partial charge in [-0.1, -0.05) is 0 Å². The SMILES string of the molecule is CC(C)(C)OCCCCOCC12CC(C(=O)NC3CC(OC(C)(C)C)C3)(C1)C2. The molecule has 0 aromatic carbocycles. The van der Waals surface area contributed by atoms with E-state index in [0.29, 0.717) is 12.1 Å². The van der Waals surface area contributed by atoms with Crippen LogP contribution in [0.4, 0.5) is 0 Å². The first-order valence-corrected chi connectivity index (χ1v) is 11.1. The van der Waals surface area contributed by atoms with Crippen molar-refractivity contribution in [2.75, 3.05) is 19.8 Å². The third-order valence-electron chi connectivity index (χ3n) is 6.20. The van der Waals surface area contributed by atoms with Gasteiger partial charge in [0.1, 0.15) is 0 Å². The Morgan fingerprint density at radius 3 is 2.14 bits per heavy atom. The predicted molar refractivity (Wildman–Crippen MR) is 110 cm³/mol. The van der Waals surface area contributed by atoms with E-state index in [1.54, 1.807) is 0 Å². The van der Waals surface area contributed by atoms with E-state index in [2.05, 4.69) is 46.9 Å². The number of amides is 1. The van der Waals surface area contributed by atoms with Crippen LogP contribution in [-0.2, 0) is 19.0 Å². The van der Waals surface area contributed by atoms with Crippen molar-refractivity contribution < 1.29 is 19.0 Å². The highest BCUT2D eigenvalue weighted by atomic mass is 16.5. The first-order chi connectivity index (χ1) is 12.9. The van der Waals surface area contributed by atoms with Crippen LogP contribution in [0.3, 0.4) is 0 Å². The van der Waals surface area contributed by atoms with Crippen molar-refractivity contribution in [1.29, 1.82) is 0 Å². The molecule has 0 aliphatic heterocycles. The molecule has 5 nitrogen and oxygen atoms in total. The van der Waals surface area contributed by atoms with Crippen molar-refractivity contribution in [3.8, 4) is 0 Å². The molecule has 28 heavy (non-hydrogen) atoms. The van der Waals surface area contributed by atoms with Gasteiger partial charge in [0, 0.05) is 19.3 Å². The summed E-state index contributed by atoms with van der Waals surface area (Å²) < 4.78 is 17.6. The van der Waals surface area contributed by atoms with Gasteiger partial charge in [0.15, 0.2) is 0 Å². The highest BCUT2D eigenvalue weighted by molar-refractivity contribution is 5.86. The fraction of sp³-hybridized carbons (Fsp3) is 0.957. The van der Waals surface area contributed by atoms with Crippen LogP contribution in [0.1, 0.15) is 86.5 Å². The molecule has 162 valence electrons. The van der Waals surface area contributed by atoms with Gasteiger partial charge in [0.2, 0.25) is 5.91 Å². The highest BCUT2D eigenvalue weighted by Gasteiger charge is 2.71. The molecule has 2 bridgehead atoms. The second kappa shape index (κ2) is 7.88. The largest absolute Gasteiger partial charge is 0.381 e. The van der Waals surface area contributed by atoms with Crippen molar-refractivity contribution in [3.05, 3.63) is 0 Å². The van der Waals surface area contributed by atoms with E-state index >= 15 is 0 Å². The average molecular weight is 396 g/mol. The molecule has 0 aromatic heterocycles. The Balaban J connectivity index is 1.22. The van der Waals surface area contributed by atoms with Gasteiger partial charge in [-0.05, 0) is 91.9 Å². The Morgan fingerprint density at radius 2 is 1.57 bits per heavy atom. The molecule has 0 spiro atoms. The molecule has 4 saturated carbocycles. The minimum Gasteiger partial charge on any atom is -0.381 e. The van der Waals surface area contributed by atoms with Crippen molar-refractivity contribution in [3.63, 3.8) is 0 Å². The zero-order chi connectivity index (χ0) is 20.6. The molecule has 0 atom stereocenters. The van der Waals surface area contributed by atoms with Gasteiger partial charge in [-0.15, -0.1) is 0 Å². The standard InChI is InChI=1S/C23H41NO4/c1-20(2,3)27-10-8-7-9-26-16-22-13-23(14-22,15-22)19(25)24-17-11-18(12-17)28-21(4,5)6/h17-18H,7-16H2,1-6H3,(H,24,25). The number of nitrogens with one attached hydrogen (secondary N) is 1. The van der Waals surface area contributed by atoms with Gasteiger partial charge in [-0.3, -0.25) is 4.79 Å². The van der Waals surface area contributed by atoms with Gasteiger partial charge < -0.3 is 19.5 Å². The van der Waals surface area contributed by atoms with Gasteiger partial charge in [0.05, 0.1) is 29.3 Å². The zero-order valence-electron chi connectivity index (χ0n) is 18.9. The van der Waals surface area contributed by atoms with Gasteiger partial charge in [-0.25, -0.2) is 0 Å². The zero-order valence-corrected chi connectivity index (χ0v) is 18.9. The van der Waals surface area contributed by atoms with Crippen LogP contribution in [0.15, 0.2) is 0 Å². The normalized spacial score (nSPS) is 34.2. The summed E-state index contributed by atoms with van der Waals surface area (Å²) in [6, 6.07) is 0.302. The van der Waals surface area contributed by atoms with Crippen molar-refractivity contribution in [2.45, 2.75) is 110 Å². The van der Waals surface area contributed by atoms with E-state index in [1.165, 1.54) is 0 Å². The fourth-order valence-corrected chi connectivity index (χ4v) is 4.98. The molecule has 1 amide bonds. The lowest BCUT2D eigenvalue weighted by atomic mass is 9.35. The maximum absolute atomic E-state index is 12.6. The van der Waals surface area contributed by atoms with Crippen LogP contribution in [0.5, 0.6) is 0 Å². The number of hydrogen-bond donors (Lipinski definition) is 1. The molecule has 0 radical (unpaired) electrons. The Hall–Kier alpha value is -0.650. The smallest absolute Gasteiger partial charge is 0.226 e. The van der Waals surface area contributed by atoms with Gasteiger partial charge in [0.25, 0.3) is 0 Å². The minimum atomic E-state index is -0.0977. The van der Waals surface area contributed by atoms with Gasteiger partial charge >= 0.3 is 0 Å². The molecule has 5 heteroatoms. The summed E-state index contributed by atoms with van der Waals surface area (Å²) in [6.07, 6.45) is 7.30. The number of hydrogen-bond acceptors (Lipinski definition) is 4. The first-order valence-electron chi connectivity index (χ1n) is 11.1. The predicted octanol–water partition coefficient (Wildman–Crippen LogP) is 4.23. The van der Waals surface area contributed by atoms with Crippen molar-refractivity contribution >= 4 is 5.91 Å². The molecule has 0 saturated heterocycles. The molecule has 4 aliphatic carbocycles. The van der Waals surface area contributed by atoms with Crippen LogP contribution >= 0.6 is 0 Å². The monoisotopic (exact) mass is 395 g/mol. The second-order valence-electron chi connectivity index (χ2n) is 11.5. The minimum absolute atomic E-state index is 0.0540. The first kappa shape index (κ1) is 22.0. The van der Waals surface area contributed by atoms with E-state index in [4.69, 9.17) is 14.2 Å². The fourth-order valence-electron chi connectivity index (χ4n) is 4.98. The molecule has 0 unspecified atom stereocenters. The molecular formula is C23H41NO4. The maximum atomic E-state index is 12.6. The summed E-state index contributed by atoms with van der Waals surface area (Å²) in [7, 11) is 0. The van der Waals surface area contributed by atoms with Crippen LogP contribution in [0.25, 0.3) is 0 Å². The number of carbonyl (C=O) groups excluding carboxylic acids is 1. The number of carbonyl (C=O) groups is 1. The topological polar surface area (TPSA) is 56.8 Å². The van der Waals surface area contributed by atoms with E-state index in [9.17, 15) is 4.79 Å². The summed E-state index contributed by atoms with van der Waals surface area (Å²) in [5.74, 6) is 0.271. The van der Waals surface area contributed by atoms with E-state index in [-0.39, 0.29) is 27.9 Å². The van der Waals surface area contributed by atoms with Crippen molar-refractivity contribution in [2.24, 2.45) is 10.8 Å². The van der Waals surface area contributed by atoms with Crippen LogP contribution in [-0.4, -0.2) is 49.1 Å². The van der Waals surface area contributed by atoms with Crippen LogP contribution in [0.2, 0.25) is 0 Å². The molecule has 4 rings (SSSR count). The molecule has 4 fully saturated rings. The third-order valence-corrected chi connectivity index (χ3v) is 6.20. The quantitative estimate of drug-likeness (QED) is 0.562. The average Bonchev–Trinajstić information content (AvgIpc) is 2.41. The third kappa shape index (κ3) is 5.48. The number of unbranched alkanes of at least 4 members (excludes halogenated alkanes) is 1. The van der Waals surface area contributed by atoms with Crippen LogP contribution < -0.4 is 5.32 Å². The summed E-state index contributed by atoms with van der Waals surface area (Å²) in [5, 5.41) is 3.26. The number of ether oxygens (including phenoxy) is 3. The molecule has 4 aliphatic rings. The lowest BCUT2D eigenvalue weighted by molar-refractivity contribution is -0.228. The Labute approximate surface area is 171 Å². The lowest BCUT2D eigenvalue weighted by Gasteiger charge is -2.69. The molecule has 0 heterocycles. The Bertz CT molecular complexity index is 534. The Kier molecular flexibility index (Phi) is 6.21. The van der Waals surface area contributed by atoms with E-state index in [1.807, 2.05) is 0 Å². The molecule has 1 N–H and O–H groups in total. The van der Waals surface area contributed by atoms with Crippen molar-refractivity contribution in [1.82, 2.24) is 5.32 Å². The van der Waals surface area contributed by atoms with Gasteiger partial charge in [-0.2, -0.15) is 0 Å². The Morgan fingerprint density at radius 1 is 0.964 bits per heavy atom. The summed E-state index contributed by atoms with van der Waals surface area (Å²) >= 11 is 0. The molecule has 0 aromatic rings. The highest BCUT2D eigenvalue weighted by Crippen LogP contribution is 2.73. The van der Waals surface area contributed by atoms with E-state index in [0.717, 1.165) is 64.8 Å². The van der Waals surface area contributed by atoms with E-state index < -0.39 is 0 Å². The number of rotatable bonds is 10. The second-order valence-corrected chi connectivity index (χ2v) is 11.5. The molecular weight excluding hydrogens is 354 g/mol.